The summed E-state index contributed by atoms with van der Waals surface area (Å²) in [5.74, 6) is -0.219. The van der Waals surface area contributed by atoms with Crippen LogP contribution in [0.4, 0.5) is 0 Å². The van der Waals surface area contributed by atoms with Crippen LogP contribution >= 0.6 is 0 Å². The van der Waals surface area contributed by atoms with Crippen LogP contribution in [0.2, 0.25) is 0 Å². The zero-order valence-electron chi connectivity index (χ0n) is 13.2. The summed E-state index contributed by atoms with van der Waals surface area (Å²) in [6.45, 7) is 13.3. The van der Waals surface area contributed by atoms with Crippen LogP contribution in [0.3, 0.4) is 0 Å². The van der Waals surface area contributed by atoms with Gasteiger partial charge >= 0.3 is 0 Å². The first kappa shape index (κ1) is 19.1. The van der Waals surface area contributed by atoms with Gasteiger partial charge in [-0.3, -0.25) is 4.79 Å². The second-order valence-electron chi connectivity index (χ2n) is 5.28. The minimum atomic E-state index is -0.249. The van der Waals surface area contributed by atoms with E-state index in [0.717, 1.165) is 40.8 Å². The lowest BCUT2D eigenvalue weighted by Crippen LogP contribution is -3.00. The van der Waals surface area contributed by atoms with Crippen molar-refractivity contribution in [2.24, 2.45) is 5.73 Å². The lowest BCUT2D eigenvalue weighted by Gasteiger charge is -2.42. The fraction of sp³-hybridized carbons (Fsp3) is 0.562. The van der Waals surface area contributed by atoms with Gasteiger partial charge in [0.25, 0.3) is 5.91 Å². The Morgan fingerprint density at radius 3 is 1.80 bits per heavy atom. The summed E-state index contributed by atoms with van der Waals surface area (Å²) in [5.41, 5.74) is 9.18. The lowest BCUT2D eigenvalue weighted by molar-refractivity contribution is -0.943. The van der Waals surface area contributed by atoms with Gasteiger partial charge in [-0.05, 0) is 45.7 Å². The normalized spacial score (nSPS) is 12.7. The highest BCUT2D eigenvalue weighted by atomic mass is 79.9. The number of carbonyl (C=O) groups is 1. The molecule has 0 bridgehead atoms. The van der Waals surface area contributed by atoms with Gasteiger partial charge in [0.05, 0.1) is 19.6 Å². The van der Waals surface area contributed by atoms with Gasteiger partial charge in [0.15, 0.2) is 6.04 Å². The number of likely N-dealkylation sites (N-methyl/N-ethyl adjacent to an activating group) is 1. The van der Waals surface area contributed by atoms with E-state index in [-0.39, 0.29) is 28.9 Å². The lowest BCUT2D eigenvalue weighted by atomic mass is 9.92. The minimum Gasteiger partial charge on any atom is -1.00 e. The molecule has 1 unspecified atom stereocenters. The number of hydrogen-bond acceptors (Lipinski definition) is 1. The molecule has 0 aliphatic carbocycles. The van der Waals surface area contributed by atoms with Crippen LogP contribution in [0.25, 0.3) is 0 Å². The van der Waals surface area contributed by atoms with Crippen molar-refractivity contribution in [3.05, 3.63) is 34.9 Å². The highest BCUT2D eigenvalue weighted by Crippen LogP contribution is 2.32. The molecule has 0 radical (unpaired) electrons. The van der Waals surface area contributed by atoms with E-state index in [0.29, 0.717) is 0 Å². The van der Waals surface area contributed by atoms with Crippen molar-refractivity contribution in [1.29, 1.82) is 0 Å². The maximum absolute atomic E-state index is 12.1. The molecular formula is C16H27BrN2O. The quantitative estimate of drug-likeness (QED) is 0.709. The topological polar surface area (TPSA) is 43.1 Å². The van der Waals surface area contributed by atoms with E-state index >= 15 is 0 Å². The van der Waals surface area contributed by atoms with E-state index < -0.39 is 0 Å². The molecule has 20 heavy (non-hydrogen) atoms. The number of carbonyl (C=O) groups excluding carboxylic acids is 1. The molecule has 0 aliphatic heterocycles. The molecule has 0 aliphatic rings. The molecule has 1 atom stereocenters. The molecular weight excluding hydrogens is 316 g/mol. The summed E-state index contributed by atoms with van der Waals surface area (Å²) in [4.78, 5) is 12.1. The van der Waals surface area contributed by atoms with E-state index in [1.54, 1.807) is 0 Å². The Bertz CT molecular complexity index is 427. The molecule has 0 saturated carbocycles. The van der Waals surface area contributed by atoms with Crippen LogP contribution in [0.15, 0.2) is 18.2 Å². The Hall–Kier alpha value is -0.870. The fourth-order valence-electron chi connectivity index (χ4n) is 3.16. The fourth-order valence-corrected chi connectivity index (χ4v) is 3.16. The number of hydrogen-bond donors (Lipinski definition) is 1. The van der Waals surface area contributed by atoms with Gasteiger partial charge < -0.3 is 27.2 Å². The summed E-state index contributed by atoms with van der Waals surface area (Å²) in [7, 11) is 0. The molecule has 0 spiro atoms. The summed E-state index contributed by atoms with van der Waals surface area (Å²) >= 11 is 0. The smallest absolute Gasteiger partial charge is 0.280 e. The number of benzene rings is 1. The largest absolute Gasteiger partial charge is 1.00 e. The number of primary amides is 1. The van der Waals surface area contributed by atoms with Gasteiger partial charge in [-0.1, -0.05) is 18.2 Å². The summed E-state index contributed by atoms with van der Waals surface area (Å²) in [6, 6.07) is 5.91. The number of nitrogens with zero attached hydrogens (tertiary/aromatic N) is 1. The highest BCUT2D eigenvalue weighted by molar-refractivity contribution is 5.81. The van der Waals surface area contributed by atoms with Gasteiger partial charge in [-0.15, -0.1) is 0 Å². The molecule has 2 N–H and O–H groups in total. The van der Waals surface area contributed by atoms with Gasteiger partial charge in [-0.25, -0.2) is 0 Å². The first-order chi connectivity index (χ1) is 8.93. The number of amides is 1. The zero-order valence-corrected chi connectivity index (χ0v) is 14.8. The maximum atomic E-state index is 12.1. The molecule has 0 fully saturated rings. The molecule has 1 aromatic carbocycles. The van der Waals surface area contributed by atoms with Crippen molar-refractivity contribution in [2.75, 3.05) is 19.6 Å². The molecule has 0 heterocycles. The second-order valence-corrected chi connectivity index (χ2v) is 5.28. The third-order valence-electron chi connectivity index (χ3n) is 4.52. The third-order valence-corrected chi connectivity index (χ3v) is 4.52. The number of rotatable bonds is 6. The molecule has 4 heteroatoms. The van der Waals surface area contributed by atoms with Crippen LogP contribution in [-0.4, -0.2) is 30.0 Å². The molecule has 1 rings (SSSR count). The van der Waals surface area contributed by atoms with Crippen LogP contribution in [0.5, 0.6) is 0 Å². The van der Waals surface area contributed by atoms with E-state index in [2.05, 4.69) is 46.8 Å². The Balaban J connectivity index is 0.00000361. The average molecular weight is 343 g/mol. The number of quaternary nitrogens is 1. The van der Waals surface area contributed by atoms with Crippen LogP contribution in [0, 0.1) is 13.8 Å². The Morgan fingerprint density at radius 1 is 1.10 bits per heavy atom. The van der Waals surface area contributed by atoms with Gasteiger partial charge in [0.2, 0.25) is 0 Å². The summed E-state index contributed by atoms with van der Waals surface area (Å²) in [6.07, 6.45) is 0. The van der Waals surface area contributed by atoms with Crippen LogP contribution < -0.4 is 22.7 Å². The third kappa shape index (κ3) is 3.41. The Labute approximate surface area is 133 Å². The molecule has 0 saturated heterocycles. The number of halogens is 1. The molecule has 114 valence electrons. The van der Waals surface area contributed by atoms with Gasteiger partial charge in [-0.2, -0.15) is 0 Å². The van der Waals surface area contributed by atoms with Crippen LogP contribution in [0.1, 0.15) is 43.5 Å². The van der Waals surface area contributed by atoms with E-state index in [9.17, 15) is 4.79 Å². The summed E-state index contributed by atoms with van der Waals surface area (Å²) in [5, 5.41) is 0. The summed E-state index contributed by atoms with van der Waals surface area (Å²) < 4.78 is 0.723. The van der Waals surface area contributed by atoms with Gasteiger partial charge in [0, 0.05) is 5.56 Å². The van der Waals surface area contributed by atoms with Crippen molar-refractivity contribution in [2.45, 2.75) is 40.7 Å². The predicted molar refractivity (Wildman–Crippen MR) is 79.7 cm³/mol. The standard InChI is InChI=1S/C16H26N2O.BrH/c1-6-18(7-2,8-3)15(16(17)19)14-12(4)10-9-11-13(14)5;/h9-11,15H,6-8H2,1-5H3,(H-,17,19);1H. The predicted octanol–water partition coefficient (Wildman–Crippen LogP) is -0.290. The molecule has 3 nitrogen and oxygen atoms in total. The van der Waals surface area contributed by atoms with Gasteiger partial charge in [0.1, 0.15) is 0 Å². The second kappa shape index (κ2) is 7.79. The van der Waals surface area contributed by atoms with Crippen molar-refractivity contribution < 1.29 is 26.3 Å². The highest BCUT2D eigenvalue weighted by Gasteiger charge is 2.39. The SMILES string of the molecule is CC[N+](CC)(CC)C(C(N)=O)c1c(C)cccc1C.[Br-]. The molecule has 1 amide bonds. The van der Waals surface area contributed by atoms with Crippen LogP contribution in [-0.2, 0) is 4.79 Å². The Kier molecular flexibility index (Phi) is 7.45. The maximum Gasteiger partial charge on any atom is 0.280 e. The first-order valence-corrected chi connectivity index (χ1v) is 7.14. The average Bonchev–Trinajstić information content (AvgIpc) is 2.38. The van der Waals surface area contributed by atoms with Crippen molar-refractivity contribution in [1.82, 2.24) is 0 Å². The monoisotopic (exact) mass is 342 g/mol. The Morgan fingerprint density at radius 2 is 1.50 bits per heavy atom. The van der Waals surface area contributed by atoms with E-state index in [1.165, 1.54) is 0 Å². The van der Waals surface area contributed by atoms with E-state index in [1.807, 2.05) is 6.07 Å². The van der Waals surface area contributed by atoms with Crippen molar-refractivity contribution in [3.8, 4) is 0 Å². The number of nitrogens with two attached hydrogens (primary N) is 1. The first-order valence-electron chi connectivity index (χ1n) is 7.14. The molecule has 1 aromatic rings. The van der Waals surface area contributed by atoms with E-state index in [4.69, 9.17) is 5.73 Å². The number of aryl methyl sites for hydroxylation is 2. The van der Waals surface area contributed by atoms with Crippen molar-refractivity contribution in [3.63, 3.8) is 0 Å². The minimum absolute atomic E-state index is 0. The zero-order chi connectivity index (χ0) is 14.6. The molecule has 0 aromatic heterocycles. The van der Waals surface area contributed by atoms with Crippen molar-refractivity contribution >= 4 is 5.91 Å².